The molecule has 0 aromatic heterocycles. The van der Waals surface area contributed by atoms with Crippen LogP contribution >= 0.6 is 0 Å². The average molecular weight is 218 g/mol. The third kappa shape index (κ3) is 1.98. The van der Waals surface area contributed by atoms with E-state index in [2.05, 4.69) is 0 Å². The van der Waals surface area contributed by atoms with Crippen molar-refractivity contribution in [2.45, 2.75) is 18.8 Å². The van der Waals surface area contributed by atoms with Gasteiger partial charge in [0.2, 0.25) is 0 Å². The number of benzene rings is 1. The van der Waals surface area contributed by atoms with E-state index in [-0.39, 0.29) is 23.6 Å². The highest BCUT2D eigenvalue weighted by molar-refractivity contribution is 5.89. The molecule has 0 amide bonds. The van der Waals surface area contributed by atoms with E-state index in [9.17, 15) is 9.59 Å². The molecule has 2 atom stereocenters. The smallest absolute Gasteiger partial charge is 0.309 e. The molecule has 84 valence electrons. The number of methoxy groups -OCH3 is 1. The van der Waals surface area contributed by atoms with Crippen molar-refractivity contribution in [3.8, 4) is 0 Å². The maximum atomic E-state index is 11.6. The summed E-state index contributed by atoms with van der Waals surface area (Å²) < 4.78 is 4.74. The first kappa shape index (κ1) is 10.9. The summed E-state index contributed by atoms with van der Waals surface area (Å²) in [4.78, 5) is 23.0. The number of carbonyl (C=O) groups is 2. The predicted molar refractivity (Wildman–Crippen MR) is 58.9 cm³/mol. The Morgan fingerprint density at radius 2 is 1.94 bits per heavy atom. The fraction of sp³-hybridized carbons (Fsp3) is 0.385. The summed E-state index contributed by atoms with van der Waals surface area (Å²) in [5, 5.41) is 0. The van der Waals surface area contributed by atoms with Gasteiger partial charge < -0.3 is 4.74 Å². The van der Waals surface area contributed by atoms with Gasteiger partial charge in [0.1, 0.15) is 5.78 Å². The minimum atomic E-state index is -0.306. The second kappa shape index (κ2) is 4.47. The molecule has 1 fully saturated rings. The number of Topliss-reactive ketones (excluding diaryl/α,β-unsaturated/α-hetero) is 1. The van der Waals surface area contributed by atoms with Gasteiger partial charge in [0.25, 0.3) is 0 Å². The van der Waals surface area contributed by atoms with Crippen molar-refractivity contribution in [2.24, 2.45) is 5.92 Å². The Labute approximate surface area is 94.4 Å². The molecule has 1 saturated carbocycles. The Morgan fingerprint density at radius 1 is 1.25 bits per heavy atom. The van der Waals surface area contributed by atoms with Crippen LogP contribution in [0.4, 0.5) is 0 Å². The van der Waals surface area contributed by atoms with Gasteiger partial charge in [0.05, 0.1) is 13.0 Å². The maximum absolute atomic E-state index is 11.6. The monoisotopic (exact) mass is 218 g/mol. The number of ketones is 1. The zero-order chi connectivity index (χ0) is 11.5. The molecule has 1 aliphatic carbocycles. The summed E-state index contributed by atoms with van der Waals surface area (Å²) in [6, 6.07) is 9.69. The second-order valence-corrected chi connectivity index (χ2v) is 4.09. The van der Waals surface area contributed by atoms with E-state index in [0.29, 0.717) is 12.8 Å². The van der Waals surface area contributed by atoms with Crippen LogP contribution in [-0.4, -0.2) is 18.9 Å². The molecule has 3 heteroatoms. The molecule has 0 aliphatic heterocycles. The lowest BCUT2D eigenvalue weighted by Crippen LogP contribution is -2.19. The van der Waals surface area contributed by atoms with Crippen molar-refractivity contribution in [1.82, 2.24) is 0 Å². The molecule has 0 radical (unpaired) electrons. The third-order valence-electron chi connectivity index (χ3n) is 3.11. The second-order valence-electron chi connectivity index (χ2n) is 4.09. The number of hydrogen-bond donors (Lipinski definition) is 0. The molecule has 0 unspecified atom stereocenters. The highest BCUT2D eigenvalue weighted by atomic mass is 16.5. The van der Waals surface area contributed by atoms with Crippen LogP contribution in [0.5, 0.6) is 0 Å². The minimum Gasteiger partial charge on any atom is -0.469 e. The van der Waals surface area contributed by atoms with Crippen LogP contribution in [-0.2, 0) is 14.3 Å². The topological polar surface area (TPSA) is 43.4 Å². The van der Waals surface area contributed by atoms with Gasteiger partial charge in [-0.05, 0) is 5.56 Å². The summed E-state index contributed by atoms with van der Waals surface area (Å²) >= 11 is 0. The van der Waals surface area contributed by atoms with E-state index in [1.165, 1.54) is 7.11 Å². The molecule has 16 heavy (non-hydrogen) atoms. The van der Waals surface area contributed by atoms with Gasteiger partial charge in [0.15, 0.2) is 0 Å². The van der Waals surface area contributed by atoms with Gasteiger partial charge in [0, 0.05) is 18.8 Å². The normalized spacial score (nSPS) is 24.4. The molecule has 0 bridgehead atoms. The number of esters is 1. The van der Waals surface area contributed by atoms with E-state index >= 15 is 0 Å². The van der Waals surface area contributed by atoms with Crippen molar-refractivity contribution < 1.29 is 14.3 Å². The van der Waals surface area contributed by atoms with Crippen molar-refractivity contribution in [3.05, 3.63) is 35.9 Å². The lowest BCUT2D eigenvalue weighted by Gasteiger charge is -2.16. The van der Waals surface area contributed by atoms with Gasteiger partial charge >= 0.3 is 5.97 Å². The molecule has 0 heterocycles. The van der Waals surface area contributed by atoms with Crippen LogP contribution in [0.1, 0.15) is 24.3 Å². The fourth-order valence-electron chi connectivity index (χ4n) is 2.31. The van der Waals surface area contributed by atoms with Crippen LogP contribution in [0.15, 0.2) is 30.3 Å². The summed E-state index contributed by atoms with van der Waals surface area (Å²) in [6.07, 6.45) is 0.760. The number of carbonyl (C=O) groups excluding carboxylic acids is 2. The Morgan fingerprint density at radius 3 is 2.56 bits per heavy atom. The highest BCUT2D eigenvalue weighted by Crippen LogP contribution is 2.38. The molecule has 0 N–H and O–H groups in total. The molecular weight excluding hydrogens is 204 g/mol. The van der Waals surface area contributed by atoms with Crippen LogP contribution < -0.4 is 0 Å². The molecule has 1 aromatic rings. The minimum absolute atomic E-state index is 0.0128. The Hall–Kier alpha value is -1.64. The zero-order valence-corrected chi connectivity index (χ0v) is 9.18. The molecule has 1 aliphatic rings. The summed E-state index contributed by atoms with van der Waals surface area (Å²) in [6.45, 7) is 0. The zero-order valence-electron chi connectivity index (χ0n) is 9.18. The molecule has 1 aromatic carbocycles. The Bertz CT molecular complexity index is 397. The molecule has 3 nitrogen and oxygen atoms in total. The largest absolute Gasteiger partial charge is 0.469 e. The average Bonchev–Trinajstić information content (AvgIpc) is 2.71. The summed E-state index contributed by atoms with van der Waals surface area (Å²) in [7, 11) is 1.37. The number of rotatable bonds is 2. The Balaban J connectivity index is 2.26. The van der Waals surface area contributed by atoms with Gasteiger partial charge in [-0.25, -0.2) is 0 Å². The lowest BCUT2D eigenvalue weighted by atomic mass is 9.89. The third-order valence-corrected chi connectivity index (χ3v) is 3.11. The van der Waals surface area contributed by atoms with Gasteiger partial charge in [-0.1, -0.05) is 30.3 Å². The van der Waals surface area contributed by atoms with Gasteiger partial charge in [-0.3, -0.25) is 9.59 Å². The molecule has 0 spiro atoms. The quantitative estimate of drug-likeness (QED) is 0.712. The summed E-state index contributed by atoms with van der Waals surface area (Å²) in [5.41, 5.74) is 1.05. The Kier molecular flexibility index (Phi) is 3.04. The first-order valence-corrected chi connectivity index (χ1v) is 5.37. The van der Waals surface area contributed by atoms with Crippen LogP contribution in [0.3, 0.4) is 0 Å². The van der Waals surface area contributed by atoms with Gasteiger partial charge in [-0.15, -0.1) is 0 Å². The van der Waals surface area contributed by atoms with Crippen molar-refractivity contribution in [3.63, 3.8) is 0 Å². The summed E-state index contributed by atoms with van der Waals surface area (Å²) in [5.74, 6) is -0.454. The first-order chi connectivity index (χ1) is 7.72. The van der Waals surface area contributed by atoms with Crippen molar-refractivity contribution >= 4 is 11.8 Å². The lowest BCUT2D eigenvalue weighted by molar-refractivity contribution is -0.146. The van der Waals surface area contributed by atoms with E-state index in [1.54, 1.807) is 0 Å². The fourth-order valence-corrected chi connectivity index (χ4v) is 2.31. The molecule has 2 rings (SSSR count). The van der Waals surface area contributed by atoms with Crippen molar-refractivity contribution in [1.29, 1.82) is 0 Å². The standard InChI is InChI=1S/C13H14O3/c1-16-13(15)12-8-10(14)7-11(12)9-5-3-2-4-6-9/h2-6,11-12H,7-8H2,1H3/t11-,12+/m0/s1. The highest BCUT2D eigenvalue weighted by Gasteiger charge is 2.39. The molecule has 0 saturated heterocycles. The molecular formula is C13H14O3. The van der Waals surface area contributed by atoms with Crippen molar-refractivity contribution in [2.75, 3.05) is 7.11 Å². The van der Waals surface area contributed by atoms with Crippen LogP contribution in [0, 0.1) is 5.92 Å². The number of ether oxygens (including phenoxy) is 1. The van der Waals surface area contributed by atoms with Gasteiger partial charge in [-0.2, -0.15) is 0 Å². The van der Waals surface area contributed by atoms with Crippen LogP contribution in [0.25, 0.3) is 0 Å². The predicted octanol–water partition coefficient (Wildman–Crippen LogP) is 1.92. The first-order valence-electron chi connectivity index (χ1n) is 5.37. The van der Waals surface area contributed by atoms with Crippen LogP contribution in [0.2, 0.25) is 0 Å². The van der Waals surface area contributed by atoms with E-state index in [4.69, 9.17) is 4.74 Å². The van der Waals surface area contributed by atoms with E-state index < -0.39 is 0 Å². The SMILES string of the molecule is COC(=O)[C@@H]1CC(=O)C[C@H]1c1ccccc1. The number of hydrogen-bond acceptors (Lipinski definition) is 3. The van der Waals surface area contributed by atoms with E-state index in [0.717, 1.165) is 5.56 Å². The maximum Gasteiger partial charge on any atom is 0.309 e. The van der Waals surface area contributed by atoms with E-state index in [1.807, 2.05) is 30.3 Å².